The van der Waals surface area contributed by atoms with E-state index in [1.165, 1.54) is 0 Å². The maximum atomic E-state index is 12.9. The molecular weight excluding hydrogens is 578 g/mol. The van der Waals surface area contributed by atoms with E-state index in [1.54, 1.807) is 5.32 Å². The number of alkyl halides is 12. The average Bonchev–Trinajstić information content (AvgIpc) is 2.79. The van der Waals surface area contributed by atoms with Crippen LogP contribution in [0.4, 0.5) is 58.4 Å². The molecule has 0 saturated carbocycles. The van der Waals surface area contributed by atoms with Crippen molar-refractivity contribution >= 4 is 18.0 Å². The van der Waals surface area contributed by atoms with Crippen LogP contribution < -0.4 is 16.8 Å². The molecule has 40 heavy (non-hydrogen) atoms. The molecular formula is C23H17F12N3O2. The summed E-state index contributed by atoms with van der Waals surface area (Å²) in [6, 6.07) is 1.21. The Morgan fingerprint density at radius 3 is 1.40 bits per heavy atom. The fourth-order valence-electron chi connectivity index (χ4n) is 2.82. The van der Waals surface area contributed by atoms with Crippen LogP contribution in [-0.4, -0.2) is 12.3 Å². The van der Waals surface area contributed by atoms with E-state index < -0.39 is 76.2 Å². The molecule has 0 unspecified atom stereocenters. The summed E-state index contributed by atoms with van der Waals surface area (Å²) >= 11 is 0. The number of amides is 2. The van der Waals surface area contributed by atoms with E-state index in [1.807, 2.05) is 0 Å². The quantitative estimate of drug-likeness (QED) is 0.161. The number of anilines is 1. The van der Waals surface area contributed by atoms with Crippen LogP contribution in [0.25, 0.3) is 0 Å². The fourth-order valence-corrected chi connectivity index (χ4v) is 2.82. The molecule has 0 atom stereocenters. The second-order valence-electron chi connectivity index (χ2n) is 7.55. The molecule has 5 nitrogen and oxygen atoms in total. The Bertz CT molecular complexity index is 1190. The molecule has 2 aromatic carbocycles. The van der Waals surface area contributed by atoms with Crippen molar-refractivity contribution in [2.75, 3.05) is 5.32 Å². The Hall–Kier alpha value is -4.18. The van der Waals surface area contributed by atoms with Crippen LogP contribution in [0.3, 0.4) is 0 Å². The Balaban J connectivity index is 0.00000254. The first kappa shape index (κ1) is 33.8. The monoisotopic (exact) mass is 595 g/mol. The molecule has 0 spiro atoms. The zero-order valence-corrected chi connectivity index (χ0v) is 19.5. The first-order valence-electron chi connectivity index (χ1n) is 10.3. The van der Waals surface area contributed by atoms with Crippen molar-refractivity contribution in [2.45, 2.75) is 31.1 Å². The maximum absolute atomic E-state index is 12.9. The van der Waals surface area contributed by atoms with E-state index in [2.05, 4.69) is 5.73 Å². The molecule has 2 aromatic rings. The van der Waals surface area contributed by atoms with Crippen molar-refractivity contribution in [1.82, 2.24) is 0 Å². The number of hydrogen-bond acceptors (Lipinski definition) is 3. The minimum absolute atomic E-state index is 0.0621. The number of nitrogens with two attached hydrogens (primary N) is 2. The minimum Gasteiger partial charge on any atom is -0.394 e. The topological polar surface area (TPSA) is 98.2 Å². The van der Waals surface area contributed by atoms with Crippen LogP contribution in [0.5, 0.6) is 0 Å². The Kier molecular flexibility index (Phi) is 10.8. The molecule has 2 rings (SSSR count). The number of rotatable bonds is 5. The van der Waals surface area contributed by atoms with Gasteiger partial charge in [-0.15, -0.1) is 0 Å². The largest absolute Gasteiger partial charge is 0.416 e. The fraction of sp³-hybridized carbons (Fsp3) is 0.217. The lowest BCUT2D eigenvalue weighted by molar-refractivity contribution is -0.144. The molecule has 0 radical (unpaired) electrons. The van der Waals surface area contributed by atoms with Gasteiger partial charge in [-0.05, 0) is 54.5 Å². The van der Waals surface area contributed by atoms with E-state index >= 15 is 0 Å². The van der Waals surface area contributed by atoms with Gasteiger partial charge in [-0.3, -0.25) is 9.59 Å². The predicted molar refractivity (Wildman–Crippen MR) is 117 cm³/mol. The van der Waals surface area contributed by atoms with Gasteiger partial charge in [-0.25, -0.2) is 0 Å². The molecule has 0 aliphatic heterocycles. The van der Waals surface area contributed by atoms with Crippen molar-refractivity contribution < 1.29 is 62.3 Å². The smallest absolute Gasteiger partial charge is 0.394 e. The first-order valence-corrected chi connectivity index (χ1v) is 10.3. The number of nitrogens with one attached hydrogen (secondary N) is 1. The molecule has 0 heterocycles. The Labute approximate surface area is 217 Å². The predicted octanol–water partition coefficient (Wildman–Crippen LogP) is 6.44. The number of allylic oxidation sites excluding steroid dienone is 3. The van der Waals surface area contributed by atoms with E-state index in [4.69, 9.17) is 10.5 Å². The van der Waals surface area contributed by atoms with Gasteiger partial charge in [0.15, 0.2) is 0 Å². The summed E-state index contributed by atoms with van der Waals surface area (Å²) in [6.45, 7) is 0. The molecule has 0 saturated heterocycles. The second-order valence-corrected chi connectivity index (χ2v) is 7.55. The zero-order valence-electron chi connectivity index (χ0n) is 19.5. The standard InChI is InChI=1S/C22H14F12N2O.CH3NO/c23-19(24,25)12-5-11(6-13(7-12)20(26,27)28)3-1-2-4-17(35)18(37)36-16-9-14(21(29,30)31)8-15(10-16)22(32,33)34;2-1-3/h1-2,4-10H,3,35H2,(H,36,37);1H,(H2,2,3)/b2-1-,17-4-;. The molecule has 17 heteroatoms. The van der Waals surface area contributed by atoms with Crippen molar-refractivity contribution in [2.24, 2.45) is 11.5 Å². The number of halogens is 12. The van der Waals surface area contributed by atoms with Crippen LogP contribution in [0.2, 0.25) is 0 Å². The van der Waals surface area contributed by atoms with Gasteiger partial charge in [0, 0.05) is 5.69 Å². The summed E-state index contributed by atoms with van der Waals surface area (Å²) in [5.74, 6) is -1.32. The van der Waals surface area contributed by atoms with Crippen LogP contribution in [0, 0.1) is 0 Å². The van der Waals surface area contributed by atoms with E-state index in [-0.39, 0.29) is 30.7 Å². The lowest BCUT2D eigenvalue weighted by atomic mass is 10.0. The van der Waals surface area contributed by atoms with Crippen molar-refractivity contribution in [1.29, 1.82) is 0 Å². The van der Waals surface area contributed by atoms with Crippen LogP contribution in [0.15, 0.2) is 60.3 Å². The van der Waals surface area contributed by atoms with Crippen molar-refractivity contribution in [3.63, 3.8) is 0 Å². The Morgan fingerprint density at radius 2 is 1.05 bits per heavy atom. The Morgan fingerprint density at radius 1 is 0.700 bits per heavy atom. The molecule has 0 bridgehead atoms. The molecule has 0 aliphatic carbocycles. The van der Waals surface area contributed by atoms with Gasteiger partial charge >= 0.3 is 24.7 Å². The second kappa shape index (κ2) is 12.8. The van der Waals surface area contributed by atoms with Gasteiger partial charge < -0.3 is 16.8 Å². The number of benzene rings is 2. The molecule has 0 fully saturated rings. The third-order valence-corrected chi connectivity index (χ3v) is 4.52. The van der Waals surface area contributed by atoms with Gasteiger partial charge in [0.05, 0.1) is 28.0 Å². The molecule has 0 aliphatic rings. The van der Waals surface area contributed by atoms with E-state index in [0.717, 1.165) is 18.2 Å². The molecule has 0 aromatic heterocycles. The highest BCUT2D eigenvalue weighted by Crippen LogP contribution is 2.38. The van der Waals surface area contributed by atoms with Crippen LogP contribution in [0.1, 0.15) is 27.8 Å². The van der Waals surface area contributed by atoms with Gasteiger partial charge in [-0.2, -0.15) is 52.7 Å². The van der Waals surface area contributed by atoms with Gasteiger partial charge in [0.25, 0.3) is 5.91 Å². The van der Waals surface area contributed by atoms with Gasteiger partial charge in [-0.1, -0.05) is 12.2 Å². The third kappa shape index (κ3) is 10.5. The average molecular weight is 595 g/mol. The summed E-state index contributed by atoms with van der Waals surface area (Å²) in [4.78, 5) is 20.6. The number of primary amides is 1. The first-order chi connectivity index (χ1) is 18.1. The summed E-state index contributed by atoms with van der Waals surface area (Å²) in [6.07, 6.45) is -17.9. The van der Waals surface area contributed by atoms with Gasteiger partial charge in [0.2, 0.25) is 6.41 Å². The lowest BCUT2D eigenvalue weighted by Crippen LogP contribution is -2.21. The zero-order chi connectivity index (χ0) is 31.1. The number of carbonyl (C=O) groups is 2. The molecule has 5 N–H and O–H groups in total. The molecule has 220 valence electrons. The van der Waals surface area contributed by atoms with E-state index in [0.29, 0.717) is 12.1 Å². The summed E-state index contributed by atoms with van der Waals surface area (Å²) in [5, 5.41) is 1.76. The van der Waals surface area contributed by atoms with E-state index in [9.17, 15) is 57.5 Å². The van der Waals surface area contributed by atoms with Crippen LogP contribution >= 0.6 is 0 Å². The minimum atomic E-state index is -5.17. The lowest BCUT2D eigenvalue weighted by Gasteiger charge is -2.14. The highest BCUT2D eigenvalue weighted by molar-refractivity contribution is 6.03. The SMILES string of the molecule is N/C(=C\C=C/Cc1cc(C(F)(F)F)cc(C(F)(F)F)c1)C(=O)Nc1cc(C(F)(F)F)cc(C(F)(F)F)c1.NC=O. The normalized spacial score (nSPS) is 13.1. The number of carbonyl (C=O) groups excluding carboxylic acids is 2. The summed E-state index contributed by atoms with van der Waals surface area (Å²) in [5.41, 5.74) is 1.10. The van der Waals surface area contributed by atoms with Crippen molar-refractivity contribution in [3.8, 4) is 0 Å². The number of hydrogen-bond donors (Lipinski definition) is 3. The highest BCUT2D eigenvalue weighted by Gasteiger charge is 2.38. The summed E-state index contributed by atoms with van der Waals surface area (Å²) in [7, 11) is 0. The van der Waals surface area contributed by atoms with Gasteiger partial charge in [0.1, 0.15) is 0 Å². The van der Waals surface area contributed by atoms with Crippen LogP contribution in [-0.2, 0) is 40.7 Å². The third-order valence-electron chi connectivity index (χ3n) is 4.52. The highest BCUT2D eigenvalue weighted by atomic mass is 19.4. The van der Waals surface area contributed by atoms with Crippen molar-refractivity contribution in [3.05, 3.63) is 88.1 Å². The maximum Gasteiger partial charge on any atom is 0.416 e. The molecule has 2 amide bonds. The summed E-state index contributed by atoms with van der Waals surface area (Å²) < 4.78 is 155.